The van der Waals surface area contributed by atoms with Crippen LogP contribution in [0, 0.1) is 5.92 Å². The second-order valence-electron chi connectivity index (χ2n) is 6.33. The van der Waals surface area contributed by atoms with Gasteiger partial charge in [0.05, 0.1) is 0 Å². The van der Waals surface area contributed by atoms with Crippen molar-refractivity contribution in [3.8, 4) is 0 Å². The number of hydrogen-bond acceptors (Lipinski definition) is 1. The Morgan fingerprint density at radius 3 is 1.78 bits per heavy atom. The molecule has 2 N–H and O–H groups in total. The van der Waals surface area contributed by atoms with Gasteiger partial charge in [0.25, 0.3) is 0 Å². The largest absolute Gasteiger partial charge is 0.327 e. The van der Waals surface area contributed by atoms with Crippen LogP contribution in [-0.4, -0.2) is 6.04 Å². The van der Waals surface area contributed by atoms with Crippen molar-refractivity contribution in [2.75, 3.05) is 0 Å². The number of nitrogens with two attached hydrogens (primary N) is 1. The van der Waals surface area contributed by atoms with Crippen molar-refractivity contribution in [3.05, 3.63) is 0 Å². The maximum Gasteiger partial charge on any atom is 0.00671 e. The predicted octanol–water partition coefficient (Wildman–Crippen LogP) is 5.42. The molecule has 1 saturated carbocycles. The fourth-order valence-corrected chi connectivity index (χ4v) is 2.97. The van der Waals surface area contributed by atoms with E-state index in [0.29, 0.717) is 6.04 Å². The lowest BCUT2D eigenvalue weighted by Crippen LogP contribution is -2.34. The molecule has 18 heavy (non-hydrogen) atoms. The van der Waals surface area contributed by atoms with Gasteiger partial charge in [0.15, 0.2) is 0 Å². The summed E-state index contributed by atoms with van der Waals surface area (Å²) < 4.78 is 0. The van der Waals surface area contributed by atoms with Crippen LogP contribution in [0.5, 0.6) is 0 Å². The van der Waals surface area contributed by atoms with Crippen LogP contribution in [0.15, 0.2) is 0 Å². The summed E-state index contributed by atoms with van der Waals surface area (Å²) in [5.41, 5.74) is 6.19. The normalized spacial score (nSPS) is 17.7. The molecule has 1 rings (SSSR count). The molecule has 0 saturated heterocycles. The quantitative estimate of drug-likeness (QED) is 0.461. The van der Waals surface area contributed by atoms with Crippen LogP contribution in [0.25, 0.3) is 0 Å². The summed E-state index contributed by atoms with van der Waals surface area (Å²) in [6.07, 6.45) is 19.8. The molecule has 1 unspecified atom stereocenters. The third-order valence-electron chi connectivity index (χ3n) is 4.65. The van der Waals surface area contributed by atoms with E-state index in [1.54, 1.807) is 0 Å². The Morgan fingerprint density at radius 1 is 0.833 bits per heavy atom. The van der Waals surface area contributed by atoms with Crippen molar-refractivity contribution >= 4 is 0 Å². The maximum absolute atomic E-state index is 6.19. The highest BCUT2D eigenvalue weighted by Gasteiger charge is 2.23. The van der Waals surface area contributed by atoms with Gasteiger partial charge in [-0.15, -0.1) is 0 Å². The Hall–Kier alpha value is -0.0400. The van der Waals surface area contributed by atoms with Gasteiger partial charge in [0.1, 0.15) is 0 Å². The molecule has 0 aromatic heterocycles. The molecule has 0 aromatic carbocycles. The van der Waals surface area contributed by atoms with E-state index in [1.165, 1.54) is 89.9 Å². The van der Waals surface area contributed by atoms with E-state index in [1.807, 2.05) is 0 Å². The van der Waals surface area contributed by atoms with Crippen molar-refractivity contribution in [1.82, 2.24) is 0 Å². The maximum atomic E-state index is 6.19. The fourth-order valence-electron chi connectivity index (χ4n) is 2.97. The molecule has 1 heteroatoms. The van der Waals surface area contributed by atoms with E-state index in [4.69, 9.17) is 5.73 Å². The molecule has 0 radical (unpaired) electrons. The van der Waals surface area contributed by atoms with E-state index in [0.717, 1.165) is 5.92 Å². The molecule has 1 aliphatic carbocycles. The van der Waals surface area contributed by atoms with E-state index in [-0.39, 0.29) is 0 Å². The lowest BCUT2D eigenvalue weighted by atomic mass is 9.78. The van der Waals surface area contributed by atoms with Crippen LogP contribution >= 0.6 is 0 Å². The third kappa shape index (κ3) is 7.41. The molecular weight excluding hydrogens is 218 g/mol. The molecule has 1 fully saturated rings. The standard InChI is InChI=1S/C17H35N/c1-2-3-4-5-6-7-8-9-10-11-15-17(18)16-13-12-14-16/h16-17H,2-15,18H2,1H3. The Bertz CT molecular complexity index is 174. The smallest absolute Gasteiger partial charge is 0.00671 e. The first kappa shape index (κ1) is 16.0. The van der Waals surface area contributed by atoms with E-state index >= 15 is 0 Å². The van der Waals surface area contributed by atoms with Gasteiger partial charge in [0.2, 0.25) is 0 Å². The summed E-state index contributed by atoms with van der Waals surface area (Å²) in [6.45, 7) is 2.29. The molecule has 108 valence electrons. The number of hydrogen-bond donors (Lipinski definition) is 1. The summed E-state index contributed by atoms with van der Waals surface area (Å²) in [5, 5.41) is 0. The SMILES string of the molecule is CCCCCCCCCCCCC(N)C1CCC1. The van der Waals surface area contributed by atoms with Gasteiger partial charge in [-0.1, -0.05) is 77.6 Å². The van der Waals surface area contributed by atoms with E-state index < -0.39 is 0 Å². The van der Waals surface area contributed by atoms with Crippen LogP contribution in [0.3, 0.4) is 0 Å². The molecule has 1 atom stereocenters. The Morgan fingerprint density at radius 2 is 1.33 bits per heavy atom. The van der Waals surface area contributed by atoms with E-state index in [9.17, 15) is 0 Å². The molecular formula is C17H35N. The molecule has 0 heterocycles. The number of rotatable bonds is 12. The molecule has 0 bridgehead atoms. The van der Waals surface area contributed by atoms with Gasteiger partial charge < -0.3 is 5.73 Å². The highest BCUT2D eigenvalue weighted by Crippen LogP contribution is 2.30. The summed E-state index contributed by atoms with van der Waals surface area (Å²) in [5.74, 6) is 0.878. The fraction of sp³-hybridized carbons (Fsp3) is 1.00. The van der Waals surface area contributed by atoms with Gasteiger partial charge >= 0.3 is 0 Å². The molecule has 1 aliphatic rings. The van der Waals surface area contributed by atoms with Gasteiger partial charge in [-0.2, -0.15) is 0 Å². The minimum atomic E-state index is 0.521. The molecule has 1 nitrogen and oxygen atoms in total. The van der Waals surface area contributed by atoms with Crippen LogP contribution in [0.4, 0.5) is 0 Å². The predicted molar refractivity (Wildman–Crippen MR) is 81.8 cm³/mol. The van der Waals surface area contributed by atoms with Crippen LogP contribution in [0.1, 0.15) is 96.8 Å². The van der Waals surface area contributed by atoms with Gasteiger partial charge in [-0.05, 0) is 25.2 Å². The Balaban J connectivity index is 1.73. The van der Waals surface area contributed by atoms with Crippen molar-refractivity contribution in [2.45, 2.75) is 103 Å². The van der Waals surface area contributed by atoms with Crippen molar-refractivity contribution < 1.29 is 0 Å². The lowest BCUT2D eigenvalue weighted by molar-refractivity contribution is 0.249. The second kappa shape index (κ2) is 10.8. The summed E-state index contributed by atoms with van der Waals surface area (Å²) in [4.78, 5) is 0. The summed E-state index contributed by atoms with van der Waals surface area (Å²) in [7, 11) is 0. The first-order valence-electron chi connectivity index (χ1n) is 8.60. The molecule has 0 aliphatic heterocycles. The number of unbranched alkanes of at least 4 members (excludes halogenated alkanes) is 9. The first-order valence-corrected chi connectivity index (χ1v) is 8.60. The Kier molecular flexibility index (Phi) is 9.65. The average molecular weight is 253 g/mol. The highest BCUT2D eigenvalue weighted by molar-refractivity contribution is 4.79. The van der Waals surface area contributed by atoms with Crippen molar-refractivity contribution in [2.24, 2.45) is 11.7 Å². The van der Waals surface area contributed by atoms with Crippen molar-refractivity contribution in [3.63, 3.8) is 0 Å². The second-order valence-corrected chi connectivity index (χ2v) is 6.33. The summed E-state index contributed by atoms with van der Waals surface area (Å²) in [6, 6.07) is 0.521. The van der Waals surface area contributed by atoms with Gasteiger partial charge in [-0.3, -0.25) is 0 Å². The van der Waals surface area contributed by atoms with Crippen LogP contribution in [0.2, 0.25) is 0 Å². The molecule has 0 amide bonds. The zero-order valence-corrected chi connectivity index (χ0v) is 12.6. The minimum Gasteiger partial charge on any atom is -0.327 e. The van der Waals surface area contributed by atoms with E-state index in [2.05, 4.69) is 6.92 Å². The van der Waals surface area contributed by atoms with Crippen molar-refractivity contribution in [1.29, 1.82) is 0 Å². The zero-order valence-electron chi connectivity index (χ0n) is 12.6. The third-order valence-corrected chi connectivity index (χ3v) is 4.65. The average Bonchev–Trinajstić information content (AvgIpc) is 2.29. The van der Waals surface area contributed by atoms with Crippen LogP contribution in [-0.2, 0) is 0 Å². The first-order chi connectivity index (χ1) is 8.84. The summed E-state index contributed by atoms with van der Waals surface area (Å²) >= 11 is 0. The van der Waals surface area contributed by atoms with Crippen LogP contribution < -0.4 is 5.73 Å². The van der Waals surface area contributed by atoms with Gasteiger partial charge in [0, 0.05) is 6.04 Å². The highest BCUT2D eigenvalue weighted by atomic mass is 14.7. The topological polar surface area (TPSA) is 26.0 Å². The lowest BCUT2D eigenvalue weighted by Gasteiger charge is -2.31. The Labute approximate surface area is 115 Å². The minimum absolute atomic E-state index is 0.521. The molecule has 0 aromatic rings. The van der Waals surface area contributed by atoms with Gasteiger partial charge in [-0.25, -0.2) is 0 Å². The zero-order chi connectivity index (χ0) is 13.1. The monoisotopic (exact) mass is 253 g/mol. The molecule has 0 spiro atoms.